The van der Waals surface area contributed by atoms with E-state index in [0.717, 1.165) is 25.7 Å². The molecule has 0 fully saturated rings. The van der Waals surface area contributed by atoms with E-state index >= 15 is 0 Å². The molecule has 0 bridgehead atoms. The molecule has 3 aromatic rings. The zero-order valence-electron chi connectivity index (χ0n) is 22.5. The molecule has 3 rings (SSSR count). The Labute approximate surface area is 229 Å². The molecule has 39 heavy (non-hydrogen) atoms. The molecule has 0 amide bonds. The van der Waals surface area contributed by atoms with Crippen LogP contribution < -0.4 is 14.2 Å². The van der Waals surface area contributed by atoms with Crippen molar-refractivity contribution in [3.8, 4) is 17.2 Å². The first-order valence-corrected chi connectivity index (χ1v) is 13.5. The minimum atomic E-state index is -0.777. The summed E-state index contributed by atoms with van der Waals surface area (Å²) in [6.07, 6.45) is 8.80. The van der Waals surface area contributed by atoms with E-state index in [1.807, 2.05) is 19.1 Å². The fourth-order valence-corrected chi connectivity index (χ4v) is 3.87. The third kappa shape index (κ3) is 9.25. The minimum absolute atomic E-state index is 0.149. The molecule has 0 spiro atoms. The van der Waals surface area contributed by atoms with Crippen molar-refractivity contribution < 1.29 is 28.7 Å². The number of aryl methyl sites for hydroxylation is 1. The zero-order valence-corrected chi connectivity index (χ0v) is 22.5. The van der Waals surface area contributed by atoms with Gasteiger partial charge in [0, 0.05) is 0 Å². The van der Waals surface area contributed by atoms with Crippen molar-refractivity contribution in [2.24, 2.45) is 0 Å². The molecular weight excluding hydrogens is 498 g/mol. The van der Waals surface area contributed by atoms with Crippen molar-refractivity contribution in [1.29, 1.82) is 0 Å². The lowest BCUT2D eigenvalue weighted by molar-refractivity contribution is -0.385. The third-order valence-corrected chi connectivity index (χ3v) is 6.16. The van der Waals surface area contributed by atoms with Gasteiger partial charge >= 0.3 is 17.6 Å². The van der Waals surface area contributed by atoms with Crippen LogP contribution in [0.1, 0.15) is 85.1 Å². The smallest absolute Gasteiger partial charge is 0.343 e. The minimum Gasteiger partial charge on any atom is -0.493 e. The molecule has 206 valence electrons. The quantitative estimate of drug-likeness (QED) is 0.0647. The Kier molecular flexibility index (Phi) is 11.5. The summed E-state index contributed by atoms with van der Waals surface area (Å²) in [5.41, 5.74) is 1.40. The number of rotatable bonds is 15. The van der Waals surface area contributed by atoms with Gasteiger partial charge in [0.2, 0.25) is 5.75 Å². The van der Waals surface area contributed by atoms with Crippen LogP contribution in [0.5, 0.6) is 17.2 Å². The van der Waals surface area contributed by atoms with Gasteiger partial charge in [-0.1, -0.05) is 58.1 Å². The Morgan fingerprint density at radius 3 is 1.95 bits per heavy atom. The summed E-state index contributed by atoms with van der Waals surface area (Å²) in [6, 6.07) is 17.3. The average molecular weight is 534 g/mol. The highest BCUT2D eigenvalue weighted by Gasteiger charge is 2.20. The van der Waals surface area contributed by atoms with Gasteiger partial charge in [0.15, 0.2) is 0 Å². The van der Waals surface area contributed by atoms with Crippen LogP contribution in [0.25, 0.3) is 0 Å². The maximum Gasteiger partial charge on any atom is 0.343 e. The molecule has 0 heterocycles. The van der Waals surface area contributed by atoms with E-state index in [2.05, 4.69) is 6.92 Å². The van der Waals surface area contributed by atoms with E-state index < -0.39 is 16.9 Å². The Morgan fingerprint density at radius 1 is 0.718 bits per heavy atom. The average Bonchev–Trinajstić information content (AvgIpc) is 2.94. The zero-order chi connectivity index (χ0) is 28.0. The molecule has 0 aliphatic rings. The second kappa shape index (κ2) is 15.3. The van der Waals surface area contributed by atoms with E-state index in [0.29, 0.717) is 17.9 Å². The highest BCUT2D eigenvalue weighted by atomic mass is 16.6. The molecule has 8 nitrogen and oxygen atoms in total. The summed E-state index contributed by atoms with van der Waals surface area (Å²) in [5.74, 6) is -0.875. The number of hydrogen-bond acceptors (Lipinski definition) is 7. The maximum atomic E-state index is 12.6. The number of carbonyl (C=O) groups is 2. The van der Waals surface area contributed by atoms with Crippen LogP contribution in [-0.2, 0) is 6.42 Å². The van der Waals surface area contributed by atoms with Gasteiger partial charge in [-0.3, -0.25) is 10.1 Å². The van der Waals surface area contributed by atoms with Crippen LogP contribution >= 0.6 is 0 Å². The number of hydrogen-bond donors (Lipinski definition) is 0. The Balaban J connectivity index is 1.56. The number of carbonyl (C=O) groups excluding carboxylic acids is 2. The van der Waals surface area contributed by atoms with Gasteiger partial charge in [-0.15, -0.1) is 0 Å². The van der Waals surface area contributed by atoms with Gasteiger partial charge < -0.3 is 14.2 Å². The summed E-state index contributed by atoms with van der Waals surface area (Å²) < 4.78 is 16.2. The summed E-state index contributed by atoms with van der Waals surface area (Å²) >= 11 is 0. The van der Waals surface area contributed by atoms with Crippen LogP contribution in [0, 0.1) is 10.1 Å². The standard InChI is InChI=1S/C31H35NO7/c1-3-5-7-8-9-10-23-11-13-24(14-12-23)30(33)38-26-17-15-25(16-18-26)31(34)39-29-20-19-27(37-21-6-4-2)22-28(29)32(35)36/h11-20,22H,3-10,21H2,1-2H3. The normalized spacial score (nSPS) is 10.6. The topological polar surface area (TPSA) is 105 Å². The number of nitrogens with zero attached hydrogens (tertiary/aromatic N) is 1. The third-order valence-electron chi connectivity index (χ3n) is 6.16. The largest absolute Gasteiger partial charge is 0.493 e. The first-order chi connectivity index (χ1) is 18.9. The lowest BCUT2D eigenvalue weighted by Gasteiger charge is -2.09. The Morgan fingerprint density at radius 2 is 1.31 bits per heavy atom. The van der Waals surface area contributed by atoms with Crippen LogP contribution in [-0.4, -0.2) is 23.5 Å². The van der Waals surface area contributed by atoms with Crippen molar-refractivity contribution >= 4 is 17.6 Å². The van der Waals surface area contributed by atoms with Gasteiger partial charge in [0.25, 0.3) is 0 Å². The van der Waals surface area contributed by atoms with Crippen molar-refractivity contribution in [2.75, 3.05) is 6.61 Å². The number of esters is 2. The van der Waals surface area contributed by atoms with Crippen LogP contribution in [0.2, 0.25) is 0 Å². The molecule has 3 aromatic carbocycles. The number of nitro groups is 1. The molecule has 0 aliphatic heterocycles. The predicted molar refractivity (Wildman–Crippen MR) is 149 cm³/mol. The molecule has 0 saturated heterocycles. The molecule has 0 radical (unpaired) electrons. The number of unbranched alkanes of at least 4 members (excludes halogenated alkanes) is 5. The SMILES string of the molecule is CCCCCCCc1ccc(C(=O)Oc2ccc(C(=O)Oc3ccc(OCCCC)cc3[N+](=O)[O-])cc2)cc1. The fraction of sp³-hybridized carbons (Fsp3) is 0.355. The fourth-order valence-electron chi connectivity index (χ4n) is 3.87. The first-order valence-electron chi connectivity index (χ1n) is 13.5. The van der Waals surface area contributed by atoms with E-state index in [4.69, 9.17) is 14.2 Å². The lowest BCUT2D eigenvalue weighted by atomic mass is 10.0. The Bertz CT molecular complexity index is 1240. The molecule has 0 aliphatic carbocycles. The molecule has 0 aromatic heterocycles. The highest BCUT2D eigenvalue weighted by Crippen LogP contribution is 2.32. The van der Waals surface area contributed by atoms with Gasteiger partial charge in [-0.25, -0.2) is 9.59 Å². The summed E-state index contributed by atoms with van der Waals surface area (Å²) in [4.78, 5) is 36.0. The summed E-state index contributed by atoms with van der Waals surface area (Å²) in [7, 11) is 0. The maximum absolute atomic E-state index is 12.6. The van der Waals surface area contributed by atoms with Crippen molar-refractivity contribution in [3.63, 3.8) is 0 Å². The van der Waals surface area contributed by atoms with Crippen molar-refractivity contribution in [1.82, 2.24) is 0 Å². The van der Waals surface area contributed by atoms with E-state index in [1.54, 1.807) is 12.1 Å². The summed E-state index contributed by atoms with van der Waals surface area (Å²) in [5, 5.41) is 11.5. The number of ether oxygens (including phenoxy) is 3. The first kappa shape index (κ1) is 29.4. The van der Waals surface area contributed by atoms with E-state index in [1.165, 1.54) is 73.7 Å². The molecular formula is C31H35NO7. The van der Waals surface area contributed by atoms with Crippen molar-refractivity contribution in [3.05, 3.63) is 93.5 Å². The molecule has 8 heteroatoms. The predicted octanol–water partition coefficient (Wildman–Crippen LogP) is 7.73. The number of benzene rings is 3. The van der Waals surface area contributed by atoms with E-state index in [-0.39, 0.29) is 22.7 Å². The second-order valence-electron chi connectivity index (χ2n) is 9.25. The lowest BCUT2D eigenvalue weighted by Crippen LogP contribution is -2.11. The van der Waals surface area contributed by atoms with Gasteiger partial charge in [-0.2, -0.15) is 0 Å². The Hall–Kier alpha value is -4.20. The summed E-state index contributed by atoms with van der Waals surface area (Å²) in [6.45, 7) is 4.65. The highest BCUT2D eigenvalue weighted by molar-refractivity contribution is 5.93. The van der Waals surface area contributed by atoms with Crippen LogP contribution in [0.15, 0.2) is 66.7 Å². The molecule has 0 N–H and O–H groups in total. The van der Waals surface area contributed by atoms with Gasteiger partial charge in [-0.05, 0) is 73.4 Å². The monoisotopic (exact) mass is 533 g/mol. The van der Waals surface area contributed by atoms with Gasteiger partial charge in [0.05, 0.1) is 28.7 Å². The van der Waals surface area contributed by atoms with E-state index in [9.17, 15) is 19.7 Å². The molecule has 0 atom stereocenters. The van der Waals surface area contributed by atoms with Crippen LogP contribution in [0.3, 0.4) is 0 Å². The van der Waals surface area contributed by atoms with Gasteiger partial charge in [0.1, 0.15) is 11.5 Å². The van der Waals surface area contributed by atoms with Crippen LogP contribution in [0.4, 0.5) is 5.69 Å². The number of nitro benzene ring substituents is 1. The molecule has 0 saturated carbocycles. The second-order valence-corrected chi connectivity index (χ2v) is 9.25. The molecule has 0 unspecified atom stereocenters. The van der Waals surface area contributed by atoms with Crippen molar-refractivity contribution in [2.45, 2.75) is 65.2 Å².